The van der Waals surface area contributed by atoms with Crippen molar-refractivity contribution in [1.82, 2.24) is 0 Å². The first-order valence-electron chi connectivity index (χ1n) is 5.25. The lowest BCUT2D eigenvalue weighted by Gasteiger charge is -2.19. The summed E-state index contributed by atoms with van der Waals surface area (Å²) in [6.45, 7) is 2.22. The van der Waals surface area contributed by atoms with Gasteiger partial charge >= 0.3 is 5.97 Å². The zero-order valence-corrected chi connectivity index (χ0v) is 9.93. The third-order valence-corrected chi connectivity index (χ3v) is 2.58. The number of anilines is 1. The maximum absolute atomic E-state index is 11.0. The zero-order valence-electron chi connectivity index (χ0n) is 9.93. The lowest BCUT2D eigenvalue weighted by molar-refractivity contribution is -0.136. The Morgan fingerprint density at radius 2 is 2.06 bits per heavy atom. The fourth-order valence-electron chi connectivity index (χ4n) is 1.55. The molecule has 1 aromatic carbocycles. The molecule has 5 heteroatoms. The van der Waals surface area contributed by atoms with E-state index in [0.717, 1.165) is 11.3 Å². The van der Waals surface area contributed by atoms with Crippen LogP contribution in [0.25, 0.3) is 0 Å². The minimum absolute atomic E-state index is 0.0765. The molecule has 3 N–H and O–H groups in total. The van der Waals surface area contributed by atoms with Crippen LogP contribution in [0.4, 0.5) is 5.69 Å². The molecule has 0 saturated carbocycles. The topological polar surface area (TPSA) is 83.6 Å². The summed E-state index contributed by atoms with van der Waals surface area (Å²) in [6, 6.07) is 5.24. The monoisotopic (exact) mass is 236 g/mol. The summed E-state index contributed by atoms with van der Waals surface area (Å²) in [6.07, 6.45) is 0.0765. The molecule has 0 bridgehead atoms. The van der Waals surface area contributed by atoms with Gasteiger partial charge in [0.1, 0.15) is 0 Å². The highest BCUT2D eigenvalue weighted by atomic mass is 16.4. The average Bonchev–Trinajstić information content (AvgIpc) is 2.25. The number of aryl methyl sites for hydroxylation is 1. The number of nitrogens with zero attached hydrogens (tertiary/aromatic N) is 1. The number of carboxylic acid groups (broad SMARTS) is 1. The highest BCUT2D eigenvalue weighted by molar-refractivity contribution is 5.94. The Morgan fingerprint density at radius 3 is 2.53 bits per heavy atom. The van der Waals surface area contributed by atoms with Crippen LogP contribution in [0.5, 0.6) is 0 Å². The van der Waals surface area contributed by atoms with Crippen molar-refractivity contribution in [3.8, 4) is 0 Å². The molecule has 5 nitrogen and oxygen atoms in total. The molecule has 92 valence electrons. The van der Waals surface area contributed by atoms with Crippen molar-refractivity contribution < 1.29 is 14.7 Å². The van der Waals surface area contributed by atoms with E-state index in [0.29, 0.717) is 12.1 Å². The van der Waals surface area contributed by atoms with E-state index in [4.69, 9.17) is 10.8 Å². The normalized spacial score (nSPS) is 10.0. The fraction of sp³-hybridized carbons (Fsp3) is 0.333. The van der Waals surface area contributed by atoms with Crippen molar-refractivity contribution in [2.45, 2.75) is 13.3 Å². The van der Waals surface area contributed by atoms with Crippen LogP contribution in [0.15, 0.2) is 18.2 Å². The Bertz CT molecular complexity index is 443. The summed E-state index contributed by atoms with van der Waals surface area (Å²) in [7, 11) is 1.81. The van der Waals surface area contributed by atoms with Gasteiger partial charge in [0.05, 0.1) is 6.42 Å². The van der Waals surface area contributed by atoms with Crippen molar-refractivity contribution >= 4 is 17.6 Å². The van der Waals surface area contributed by atoms with Crippen LogP contribution in [0.3, 0.4) is 0 Å². The molecule has 1 amide bonds. The summed E-state index contributed by atoms with van der Waals surface area (Å²) in [5.74, 6) is -1.29. The zero-order chi connectivity index (χ0) is 13.0. The molecule has 0 fully saturated rings. The van der Waals surface area contributed by atoms with Crippen LogP contribution in [-0.2, 0) is 4.79 Å². The van der Waals surface area contributed by atoms with Gasteiger partial charge in [-0.2, -0.15) is 0 Å². The van der Waals surface area contributed by atoms with Gasteiger partial charge in [-0.25, -0.2) is 0 Å². The number of carbonyl (C=O) groups is 2. The van der Waals surface area contributed by atoms with E-state index in [1.54, 1.807) is 19.1 Å². The van der Waals surface area contributed by atoms with Crippen molar-refractivity contribution in [3.05, 3.63) is 29.3 Å². The van der Waals surface area contributed by atoms with E-state index in [-0.39, 0.29) is 6.42 Å². The molecule has 0 aromatic heterocycles. The third-order valence-electron chi connectivity index (χ3n) is 2.58. The third kappa shape index (κ3) is 3.48. The van der Waals surface area contributed by atoms with Crippen LogP contribution >= 0.6 is 0 Å². The number of nitrogens with two attached hydrogens (primary N) is 1. The predicted molar refractivity (Wildman–Crippen MR) is 65.2 cm³/mol. The first kappa shape index (κ1) is 13.0. The van der Waals surface area contributed by atoms with E-state index in [1.165, 1.54) is 0 Å². The van der Waals surface area contributed by atoms with E-state index >= 15 is 0 Å². The van der Waals surface area contributed by atoms with E-state index < -0.39 is 11.9 Å². The molecule has 1 rings (SSSR count). The molecule has 0 aliphatic rings. The van der Waals surface area contributed by atoms with E-state index in [2.05, 4.69) is 0 Å². The second-order valence-electron chi connectivity index (χ2n) is 3.93. The van der Waals surface area contributed by atoms with Gasteiger partial charge in [0.2, 0.25) is 5.91 Å². The number of primary amides is 1. The minimum Gasteiger partial charge on any atom is -0.481 e. The number of carboxylic acids is 1. The van der Waals surface area contributed by atoms with Crippen LogP contribution in [0, 0.1) is 6.92 Å². The summed E-state index contributed by atoms with van der Waals surface area (Å²) in [5, 5.41) is 8.59. The van der Waals surface area contributed by atoms with Crippen molar-refractivity contribution in [1.29, 1.82) is 0 Å². The average molecular weight is 236 g/mol. The fourth-order valence-corrected chi connectivity index (χ4v) is 1.55. The molecule has 0 aliphatic heterocycles. The second-order valence-corrected chi connectivity index (χ2v) is 3.93. The van der Waals surface area contributed by atoms with Gasteiger partial charge in [0.25, 0.3) is 0 Å². The van der Waals surface area contributed by atoms with Crippen LogP contribution < -0.4 is 10.6 Å². The molecule has 0 atom stereocenters. The molecule has 0 saturated heterocycles. The van der Waals surface area contributed by atoms with Gasteiger partial charge in [0.15, 0.2) is 0 Å². The predicted octanol–water partition coefficient (Wildman–Crippen LogP) is 1.00. The summed E-state index contributed by atoms with van der Waals surface area (Å²) >= 11 is 0. The number of hydrogen-bond donors (Lipinski definition) is 2. The van der Waals surface area contributed by atoms with Crippen LogP contribution in [0.1, 0.15) is 22.3 Å². The maximum Gasteiger partial charge on any atom is 0.305 e. The molecule has 17 heavy (non-hydrogen) atoms. The largest absolute Gasteiger partial charge is 0.481 e. The standard InChI is InChI=1S/C12H16N2O3/c1-8-7-9(3-4-10(8)12(13)17)14(2)6-5-11(15)16/h3-4,7H,5-6H2,1-2H3,(H2,13,17)(H,15,16). The number of hydrogen-bond acceptors (Lipinski definition) is 3. The van der Waals surface area contributed by atoms with Crippen molar-refractivity contribution in [2.75, 3.05) is 18.5 Å². The number of amides is 1. The minimum atomic E-state index is -0.831. The molecule has 0 spiro atoms. The van der Waals surface area contributed by atoms with Gasteiger partial charge in [-0.1, -0.05) is 0 Å². The van der Waals surface area contributed by atoms with Crippen LogP contribution in [0.2, 0.25) is 0 Å². The smallest absolute Gasteiger partial charge is 0.305 e. The summed E-state index contributed by atoms with van der Waals surface area (Å²) < 4.78 is 0. The summed E-state index contributed by atoms with van der Waals surface area (Å²) in [4.78, 5) is 23.3. The van der Waals surface area contributed by atoms with Crippen molar-refractivity contribution in [2.24, 2.45) is 5.73 Å². The first-order valence-corrected chi connectivity index (χ1v) is 5.25. The maximum atomic E-state index is 11.0. The second kappa shape index (κ2) is 5.34. The summed E-state index contributed by atoms with van der Waals surface area (Å²) in [5.41, 5.74) is 7.35. The molecule has 0 heterocycles. The number of benzene rings is 1. The molecule has 0 unspecified atom stereocenters. The number of aliphatic carboxylic acids is 1. The highest BCUT2D eigenvalue weighted by Crippen LogP contribution is 2.18. The first-order chi connectivity index (χ1) is 7.91. The lowest BCUT2D eigenvalue weighted by Crippen LogP contribution is -2.21. The Hall–Kier alpha value is -2.04. The number of rotatable bonds is 5. The van der Waals surface area contributed by atoms with Gasteiger partial charge in [0, 0.05) is 24.8 Å². The Morgan fingerprint density at radius 1 is 1.41 bits per heavy atom. The van der Waals surface area contributed by atoms with Gasteiger partial charge in [-0.3, -0.25) is 9.59 Å². The Labute approximate surface area is 99.8 Å². The Balaban J connectivity index is 2.82. The SMILES string of the molecule is Cc1cc(N(C)CCC(=O)O)ccc1C(N)=O. The van der Waals surface area contributed by atoms with Gasteiger partial charge < -0.3 is 15.7 Å². The lowest BCUT2D eigenvalue weighted by atomic mass is 10.1. The molecular weight excluding hydrogens is 220 g/mol. The Kier molecular flexibility index (Phi) is 4.09. The van der Waals surface area contributed by atoms with Gasteiger partial charge in [-0.05, 0) is 30.7 Å². The number of carbonyl (C=O) groups excluding carboxylic acids is 1. The van der Waals surface area contributed by atoms with Gasteiger partial charge in [-0.15, -0.1) is 0 Å². The molecule has 1 aromatic rings. The molecular formula is C12H16N2O3. The highest BCUT2D eigenvalue weighted by Gasteiger charge is 2.08. The molecule has 0 radical (unpaired) electrons. The van der Waals surface area contributed by atoms with Crippen LogP contribution in [-0.4, -0.2) is 30.6 Å². The molecule has 0 aliphatic carbocycles. The quantitative estimate of drug-likeness (QED) is 0.799. The van der Waals surface area contributed by atoms with E-state index in [9.17, 15) is 9.59 Å². The van der Waals surface area contributed by atoms with E-state index in [1.807, 2.05) is 18.0 Å². The van der Waals surface area contributed by atoms with Crippen molar-refractivity contribution in [3.63, 3.8) is 0 Å².